The lowest BCUT2D eigenvalue weighted by Gasteiger charge is -2.43. The maximum atomic E-state index is 12.5. The molecular weight excluding hydrogens is 262 g/mol. The van der Waals surface area contributed by atoms with E-state index in [-0.39, 0.29) is 5.91 Å². The molecule has 2 aliphatic rings. The molecule has 1 aromatic heterocycles. The van der Waals surface area contributed by atoms with Crippen molar-refractivity contribution in [1.82, 2.24) is 14.8 Å². The van der Waals surface area contributed by atoms with Gasteiger partial charge in [0.15, 0.2) is 0 Å². The first-order valence-corrected chi connectivity index (χ1v) is 7.84. The molecule has 0 spiro atoms. The largest absolute Gasteiger partial charge is 0.351 e. The molecule has 3 heterocycles. The maximum absolute atomic E-state index is 12.5. The van der Waals surface area contributed by atoms with Gasteiger partial charge in [-0.3, -0.25) is 9.69 Å². The Labute approximate surface area is 124 Å². The van der Waals surface area contributed by atoms with E-state index >= 15 is 0 Å². The van der Waals surface area contributed by atoms with E-state index in [9.17, 15) is 4.79 Å². The molecule has 2 aromatic rings. The summed E-state index contributed by atoms with van der Waals surface area (Å²) < 4.78 is 0. The number of aromatic nitrogens is 1. The van der Waals surface area contributed by atoms with Crippen LogP contribution < -0.4 is 0 Å². The van der Waals surface area contributed by atoms with Gasteiger partial charge in [0.05, 0.1) is 0 Å². The molecule has 4 nitrogen and oxygen atoms in total. The fraction of sp³-hybridized carbons (Fsp3) is 0.471. The molecule has 0 atom stereocenters. The molecule has 4 rings (SSSR count). The summed E-state index contributed by atoms with van der Waals surface area (Å²) in [6.45, 7) is 6.26. The molecule has 2 aliphatic heterocycles. The van der Waals surface area contributed by atoms with Crippen LogP contribution in [0.1, 0.15) is 28.9 Å². The van der Waals surface area contributed by atoms with E-state index < -0.39 is 0 Å². The summed E-state index contributed by atoms with van der Waals surface area (Å²) in [6, 6.07) is 8.72. The minimum atomic E-state index is 0.140. The summed E-state index contributed by atoms with van der Waals surface area (Å²) in [6.07, 6.45) is 2.62. The molecular formula is C17H21N3O. The van der Waals surface area contributed by atoms with Crippen LogP contribution in [-0.4, -0.2) is 52.9 Å². The summed E-state index contributed by atoms with van der Waals surface area (Å²) in [5.41, 5.74) is 2.98. The quantitative estimate of drug-likeness (QED) is 0.919. The van der Waals surface area contributed by atoms with Gasteiger partial charge < -0.3 is 9.88 Å². The highest BCUT2D eigenvalue weighted by Crippen LogP contribution is 2.24. The van der Waals surface area contributed by atoms with Crippen LogP contribution in [0.4, 0.5) is 0 Å². The van der Waals surface area contributed by atoms with Crippen LogP contribution in [0.2, 0.25) is 0 Å². The zero-order valence-corrected chi connectivity index (χ0v) is 12.4. The van der Waals surface area contributed by atoms with Crippen LogP contribution in [0.5, 0.6) is 0 Å². The number of nitrogens with zero attached hydrogens (tertiary/aromatic N) is 2. The van der Waals surface area contributed by atoms with Gasteiger partial charge in [0, 0.05) is 30.0 Å². The highest BCUT2D eigenvalue weighted by atomic mass is 16.2. The number of rotatable bonds is 2. The first-order chi connectivity index (χ1) is 10.2. The Kier molecular flexibility index (Phi) is 3.00. The molecule has 0 aliphatic carbocycles. The molecule has 2 fully saturated rings. The topological polar surface area (TPSA) is 39.3 Å². The van der Waals surface area contributed by atoms with Crippen LogP contribution in [-0.2, 0) is 0 Å². The monoisotopic (exact) mass is 283 g/mol. The number of benzene rings is 1. The average molecular weight is 283 g/mol. The Balaban J connectivity index is 1.48. The molecule has 0 saturated carbocycles. The fourth-order valence-corrected chi connectivity index (χ4v) is 3.55. The number of carbonyl (C=O) groups excluding carboxylic acids is 1. The van der Waals surface area contributed by atoms with Gasteiger partial charge in [-0.1, -0.05) is 12.1 Å². The smallest absolute Gasteiger partial charge is 0.270 e. The standard InChI is InChI=1S/C17H21N3O/c1-12-5-4-6-15-14(12)9-16(18-15)17(21)20-10-13(11-20)19-7-2-3-8-19/h4-6,9,13,18H,2-3,7-8,10-11H2,1H3. The summed E-state index contributed by atoms with van der Waals surface area (Å²) in [7, 11) is 0. The van der Waals surface area contributed by atoms with E-state index in [0.29, 0.717) is 6.04 Å². The molecule has 110 valence electrons. The van der Waals surface area contributed by atoms with Gasteiger partial charge in [-0.2, -0.15) is 0 Å². The zero-order chi connectivity index (χ0) is 14.4. The van der Waals surface area contributed by atoms with Gasteiger partial charge >= 0.3 is 0 Å². The second kappa shape index (κ2) is 4.88. The second-order valence-corrected chi connectivity index (χ2v) is 6.33. The van der Waals surface area contributed by atoms with Crippen LogP contribution >= 0.6 is 0 Å². The third-order valence-electron chi connectivity index (χ3n) is 4.92. The number of hydrogen-bond acceptors (Lipinski definition) is 2. The molecule has 0 bridgehead atoms. The molecule has 0 radical (unpaired) electrons. The third kappa shape index (κ3) is 2.14. The van der Waals surface area contributed by atoms with Crippen molar-refractivity contribution in [1.29, 1.82) is 0 Å². The summed E-state index contributed by atoms with van der Waals surface area (Å²) in [5, 5.41) is 1.15. The number of aromatic amines is 1. The molecule has 1 amide bonds. The molecule has 1 N–H and O–H groups in total. The lowest BCUT2D eigenvalue weighted by atomic mass is 10.1. The lowest BCUT2D eigenvalue weighted by molar-refractivity contribution is 0.0330. The van der Waals surface area contributed by atoms with E-state index in [1.165, 1.54) is 31.5 Å². The van der Waals surface area contributed by atoms with Crippen molar-refractivity contribution in [3.05, 3.63) is 35.5 Å². The third-order valence-corrected chi connectivity index (χ3v) is 4.92. The van der Waals surface area contributed by atoms with Gasteiger partial charge in [0.25, 0.3) is 5.91 Å². The predicted molar refractivity (Wildman–Crippen MR) is 83.5 cm³/mol. The number of hydrogen-bond donors (Lipinski definition) is 1. The molecule has 2 saturated heterocycles. The summed E-state index contributed by atoms with van der Waals surface area (Å²) in [5.74, 6) is 0.140. The van der Waals surface area contributed by atoms with Crippen molar-refractivity contribution in [3.63, 3.8) is 0 Å². The SMILES string of the molecule is Cc1cccc2[nH]c(C(=O)N3CC(N4CCCC4)C3)cc12. The van der Waals surface area contributed by atoms with Crippen molar-refractivity contribution < 1.29 is 4.79 Å². The van der Waals surface area contributed by atoms with E-state index in [0.717, 1.165) is 29.7 Å². The minimum absolute atomic E-state index is 0.140. The fourth-order valence-electron chi connectivity index (χ4n) is 3.55. The molecule has 4 heteroatoms. The van der Waals surface area contributed by atoms with Crippen molar-refractivity contribution in [2.75, 3.05) is 26.2 Å². The first-order valence-electron chi connectivity index (χ1n) is 7.84. The van der Waals surface area contributed by atoms with E-state index in [1.54, 1.807) is 0 Å². The van der Waals surface area contributed by atoms with Crippen molar-refractivity contribution in [3.8, 4) is 0 Å². The van der Waals surface area contributed by atoms with Gasteiger partial charge in [-0.15, -0.1) is 0 Å². The lowest BCUT2D eigenvalue weighted by Crippen LogP contribution is -2.60. The van der Waals surface area contributed by atoms with E-state index in [4.69, 9.17) is 0 Å². The maximum Gasteiger partial charge on any atom is 0.270 e. The van der Waals surface area contributed by atoms with Crippen LogP contribution in [0, 0.1) is 6.92 Å². The average Bonchev–Trinajstić information content (AvgIpc) is 3.05. The number of fused-ring (bicyclic) bond motifs is 1. The Morgan fingerprint density at radius 2 is 2.00 bits per heavy atom. The number of aryl methyl sites for hydroxylation is 1. The van der Waals surface area contributed by atoms with E-state index in [1.807, 2.05) is 23.1 Å². The zero-order valence-electron chi connectivity index (χ0n) is 12.4. The number of H-pyrrole nitrogens is 1. The van der Waals surface area contributed by atoms with Gasteiger partial charge in [0.1, 0.15) is 5.69 Å². The molecule has 0 unspecified atom stereocenters. The number of likely N-dealkylation sites (tertiary alicyclic amines) is 2. The predicted octanol–water partition coefficient (Wildman–Crippen LogP) is 2.40. The Morgan fingerprint density at radius 3 is 2.71 bits per heavy atom. The normalized spacial score (nSPS) is 20.1. The molecule has 21 heavy (non-hydrogen) atoms. The Morgan fingerprint density at radius 1 is 1.24 bits per heavy atom. The van der Waals surface area contributed by atoms with Crippen molar-refractivity contribution >= 4 is 16.8 Å². The number of amides is 1. The summed E-state index contributed by atoms with van der Waals surface area (Å²) in [4.78, 5) is 20.3. The van der Waals surface area contributed by atoms with E-state index in [2.05, 4.69) is 22.9 Å². The summed E-state index contributed by atoms with van der Waals surface area (Å²) >= 11 is 0. The van der Waals surface area contributed by atoms with Crippen LogP contribution in [0.25, 0.3) is 10.9 Å². The van der Waals surface area contributed by atoms with Gasteiger partial charge in [-0.25, -0.2) is 0 Å². The van der Waals surface area contributed by atoms with Crippen LogP contribution in [0.3, 0.4) is 0 Å². The van der Waals surface area contributed by atoms with Gasteiger partial charge in [-0.05, 0) is 50.6 Å². The second-order valence-electron chi connectivity index (χ2n) is 6.33. The first kappa shape index (κ1) is 12.9. The van der Waals surface area contributed by atoms with Gasteiger partial charge in [0.2, 0.25) is 0 Å². The van der Waals surface area contributed by atoms with Crippen molar-refractivity contribution in [2.24, 2.45) is 0 Å². The van der Waals surface area contributed by atoms with Crippen molar-refractivity contribution in [2.45, 2.75) is 25.8 Å². The number of nitrogens with one attached hydrogen (secondary N) is 1. The highest BCUT2D eigenvalue weighted by Gasteiger charge is 2.36. The molecule has 1 aromatic carbocycles. The number of carbonyl (C=O) groups is 1. The highest BCUT2D eigenvalue weighted by molar-refractivity contribution is 5.99. The minimum Gasteiger partial charge on any atom is -0.351 e. The Bertz CT molecular complexity index is 678. The Hall–Kier alpha value is -1.81. The van der Waals surface area contributed by atoms with Crippen LogP contribution in [0.15, 0.2) is 24.3 Å².